The quantitative estimate of drug-likeness (QED) is 0.915. The van der Waals surface area contributed by atoms with Crippen LogP contribution in [0, 0.1) is 5.92 Å². The van der Waals surface area contributed by atoms with Crippen molar-refractivity contribution < 1.29 is 4.79 Å². The summed E-state index contributed by atoms with van der Waals surface area (Å²) in [5.41, 5.74) is -0.118. The molecule has 23 heavy (non-hydrogen) atoms. The van der Waals surface area contributed by atoms with Gasteiger partial charge in [0.1, 0.15) is 5.69 Å². The molecule has 0 radical (unpaired) electrons. The molecule has 1 atom stereocenters. The molecule has 0 aromatic carbocycles. The molecule has 7 nitrogen and oxygen atoms in total. The minimum Gasteiger partial charge on any atom is -0.348 e. The zero-order chi connectivity index (χ0) is 16.0. The number of aromatic nitrogens is 3. The first-order valence-corrected chi connectivity index (χ1v) is 8.88. The van der Waals surface area contributed by atoms with Gasteiger partial charge in [-0.1, -0.05) is 18.3 Å². The minimum atomic E-state index is -0.395. The third-order valence-electron chi connectivity index (χ3n) is 4.32. The van der Waals surface area contributed by atoms with Crippen molar-refractivity contribution in [1.29, 1.82) is 0 Å². The second-order valence-electron chi connectivity index (χ2n) is 6.50. The molecule has 1 saturated carbocycles. The van der Waals surface area contributed by atoms with Crippen LogP contribution in [0.25, 0.3) is 4.96 Å². The Balaban J connectivity index is 1.72. The highest BCUT2D eigenvalue weighted by molar-refractivity contribution is 7.20. The number of hydrogen-bond donors (Lipinski definition) is 1. The van der Waals surface area contributed by atoms with Gasteiger partial charge in [0.25, 0.3) is 11.5 Å². The topological polar surface area (TPSA) is 79.6 Å². The second kappa shape index (κ2) is 5.59. The van der Waals surface area contributed by atoms with E-state index in [0.29, 0.717) is 10.9 Å². The van der Waals surface area contributed by atoms with Crippen LogP contribution in [0.5, 0.6) is 0 Å². The van der Waals surface area contributed by atoms with Gasteiger partial charge >= 0.3 is 0 Å². The van der Waals surface area contributed by atoms with Crippen molar-refractivity contribution in [2.24, 2.45) is 5.92 Å². The summed E-state index contributed by atoms with van der Waals surface area (Å²) in [4.78, 5) is 30.9. The van der Waals surface area contributed by atoms with Gasteiger partial charge in [-0.3, -0.25) is 9.59 Å². The average Bonchev–Trinajstić information content (AvgIpc) is 3.22. The first-order chi connectivity index (χ1) is 11.1. The van der Waals surface area contributed by atoms with Crippen molar-refractivity contribution in [3.8, 4) is 0 Å². The van der Waals surface area contributed by atoms with Gasteiger partial charge in [-0.2, -0.15) is 9.50 Å². The molecular formula is C15H19N5O2S. The third kappa shape index (κ3) is 2.95. The molecule has 2 aromatic heterocycles. The van der Waals surface area contributed by atoms with E-state index in [9.17, 15) is 9.59 Å². The van der Waals surface area contributed by atoms with Gasteiger partial charge in [0, 0.05) is 25.2 Å². The Morgan fingerprint density at radius 3 is 2.96 bits per heavy atom. The monoisotopic (exact) mass is 333 g/mol. The molecule has 0 spiro atoms. The number of carbonyl (C=O) groups is 1. The summed E-state index contributed by atoms with van der Waals surface area (Å²) in [6.07, 6.45) is 4.37. The summed E-state index contributed by atoms with van der Waals surface area (Å²) in [5, 5.41) is 8.30. The second-order valence-corrected chi connectivity index (χ2v) is 7.43. The zero-order valence-corrected chi connectivity index (χ0v) is 13.8. The molecule has 1 saturated heterocycles. The molecular weight excluding hydrogens is 314 g/mol. The Hall–Kier alpha value is -1.96. The van der Waals surface area contributed by atoms with Gasteiger partial charge in [0.05, 0.1) is 0 Å². The summed E-state index contributed by atoms with van der Waals surface area (Å²) in [5.74, 6) is 0.382. The minimum absolute atomic E-state index is 0.238. The zero-order valence-electron chi connectivity index (χ0n) is 13.0. The van der Waals surface area contributed by atoms with E-state index in [4.69, 9.17) is 0 Å². The van der Waals surface area contributed by atoms with Gasteiger partial charge in [-0.05, 0) is 31.6 Å². The molecule has 0 bridgehead atoms. The molecule has 122 valence electrons. The van der Waals surface area contributed by atoms with Gasteiger partial charge < -0.3 is 10.2 Å². The first kappa shape index (κ1) is 14.6. The number of fused-ring (bicyclic) bond motifs is 1. The largest absolute Gasteiger partial charge is 0.348 e. The number of carbonyl (C=O) groups excluding carboxylic acids is 1. The van der Waals surface area contributed by atoms with Crippen molar-refractivity contribution in [2.75, 3.05) is 18.0 Å². The number of piperidine rings is 1. The number of rotatable bonds is 3. The van der Waals surface area contributed by atoms with Crippen LogP contribution in [0.15, 0.2) is 10.9 Å². The lowest BCUT2D eigenvalue weighted by atomic mass is 10.0. The normalized spacial score (nSPS) is 21.6. The molecule has 3 heterocycles. The molecule has 1 amide bonds. The van der Waals surface area contributed by atoms with E-state index < -0.39 is 5.56 Å². The third-order valence-corrected chi connectivity index (χ3v) is 5.29. The van der Waals surface area contributed by atoms with Crippen molar-refractivity contribution in [3.63, 3.8) is 0 Å². The molecule has 1 aliphatic carbocycles. The standard InChI is InChI=1S/C15H19N5O2S/c1-9-3-2-6-19(8-9)15-18-20-11(13(22)16-10-4-5-10)7-12(21)17-14(20)23-15/h7,9-10H,2-6,8H2,1H3,(H,16,22). The lowest BCUT2D eigenvalue weighted by Crippen LogP contribution is -2.34. The van der Waals surface area contributed by atoms with Crippen LogP contribution in [0.1, 0.15) is 43.1 Å². The molecule has 1 unspecified atom stereocenters. The number of nitrogens with zero attached hydrogens (tertiary/aromatic N) is 4. The van der Waals surface area contributed by atoms with Crippen molar-refractivity contribution in [1.82, 2.24) is 19.9 Å². The van der Waals surface area contributed by atoms with E-state index in [1.54, 1.807) is 0 Å². The predicted octanol–water partition coefficient (Wildman–Crippen LogP) is 1.28. The molecule has 1 aliphatic heterocycles. The van der Waals surface area contributed by atoms with Gasteiger partial charge in [0.2, 0.25) is 10.1 Å². The molecule has 4 rings (SSSR count). The Kier molecular flexibility index (Phi) is 3.56. The Morgan fingerprint density at radius 2 is 2.22 bits per heavy atom. The van der Waals surface area contributed by atoms with E-state index in [1.165, 1.54) is 28.3 Å². The van der Waals surface area contributed by atoms with Crippen molar-refractivity contribution in [3.05, 3.63) is 22.1 Å². The number of hydrogen-bond acceptors (Lipinski definition) is 6. The van der Waals surface area contributed by atoms with Crippen LogP contribution in [-0.4, -0.2) is 39.6 Å². The van der Waals surface area contributed by atoms with Crippen LogP contribution in [0.2, 0.25) is 0 Å². The maximum absolute atomic E-state index is 12.4. The highest BCUT2D eigenvalue weighted by Gasteiger charge is 2.26. The van der Waals surface area contributed by atoms with E-state index >= 15 is 0 Å². The molecule has 8 heteroatoms. The SMILES string of the molecule is CC1CCCN(c2nn3c(C(=O)NC4CC4)cc(=O)nc3s2)C1. The molecule has 2 aromatic rings. The highest BCUT2D eigenvalue weighted by Crippen LogP contribution is 2.27. The van der Waals surface area contributed by atoms with Crippen LogP contribution < -0.4 is 15.8 Å². The van der Waals surface area contributed by atoms with E-state index in [1.807, 2.05) is 0 Å². The average molecular weight is 333 g/mol. The summed E-state index contributed by atoms with van der Waals surface area (Å²) in [6.45, 7) is 4.14. The summed E-state index contributed by atoms with van der Waals surface area (Å²) in [6, 6.07) is 1.51. The van der Waals surface area contributed by atoms with Crippen LogP contribution in [-0.2, 0) is 0 Å². The lowest BCUT2D eigenvalue weighted by Gasteiger charge is -2.30. The highest BCUT2D eigenvalue weighted by atomic mass is 32.1. The summed E-state index contributed by atoms with van der Waals surface area (Å²) in [7, 11) is 0. The fourth-order valence-electron chi connectivity index (χ4n) is 2.95. The van der Waals surface area contributed by atoms with Crippen molar-refractivity contribution >= 4 is 27.3 Å². The number of nitrogens with one attached hydrogen (secondary N) is 1. The number of anilines is 1. The smallest absolute Gasteiger partial charge is 0.274 e. The molecule has 1 N–H and O–H groups in total. The lowest BCUT2D eigenvalue weighted by molar-refractivity contribution is 0.0943. The van der Waals surface area contributed by atoms with Gasteiger partial charge in [-0.15, -0.1) is 5.10 Å². The Labute approximate surface area is 137 Å². The van der Waals surface area contributed by atoms with Crippen LogP contribution in [0.4, 0.5) is 5.13 Å². The maximum atomic E-state index is 12.4. The Bertz CT molecular complexity index is 810. The van der Waals surface area contributed by atoms with E-state index in [0.717, 1.165) is 37.5 Å². The van der Waals surface area contributed by atoms with E-state index in [2.05, 4.69) is 27.2 Å². The van der Waals surface area contributed by atoms with Crippen molar-refractivity contribution in [2.45, 2.75) is 38.6 Å². The molecule has 2 aliphatic rings. The first-order valence-electron chi connectivity index (χ1n) is 8.07. The fourth-order valence-corrected chi connectivity index (χ4v) is 3.89. The van der Waals surface area contributed by atoms with Crippen LogP contribution in [0.3, 0.4) is 0 Å². The maximum Gasteiger partial charge on any atom is 0.274 e. The fraction of sp³-hybridized carbons (Fsp3) is 0.600. The summed E-state index contributed by atoms with van der Waals surface area (Å²) >= 11 is 1.37. The van der Waals surface area contributed by atoms with Gasteiger partial charge in [0.15, 0.2) is 0 Å². The number of amides is 1. The Morgan fingerprint density at radius 1 is 1.39 bits per heavy atom. The summed E-state index contributed by atoms with van der Waals surface area (Å²) < 4.78 is 1.51. The van der Waals surface area contributed by atoms with E-state index in [-0.39, 0.29) is 17.6 Å². The predicted molar refractivity (Wildman–Crippen MR) is 88.2 cm³/mol. The van der Waals surface area contributed by atoms with Crippen LogP contribution >= 0.6 is 11.3 Å². The van der Waals surface area contributed by atoms with Gasteiger partial charge in [-0.25, -0.2) is 0 Å². The molecule has 2 fully saturated rings.